The molecule has 2 saturated heterocycles. The molecule has 1 unspecified atom stereocenters. The molecule has 6 heterocycles. The smallest absolute Gasteiger partial charge is 0.324 e. The minimum absolute atomic E-state index is 0.215. The maximum atomic E-state index is 10.8. The van der Waals surface area contributed by atoms with Gasteiger partial charge in [-0.05, 0) is 11.8 Å². The Morgan fingerprint density at radius 1 is 0.923 bits per heavy atom. The Bertz CT molecular complexity index is 1550. The van der Waals surface area contributed by atoms with E-state index in [-0.39, 0.29) is 37.7 Å². The Hall–Kier alpha value is -2.93. The fourth-order valence-electron chi connectivity index (χ4n) is 4.71. The van der Waals surface area contributed by atoms with Crippen molar-refractivity contribution in [1.82, 2.24) is 39.0 Å². The number of nitrogen functional groups attached to an aromatic ring is 2. The van der Waals surface area contributed by atoms with E-state index >= 15 is 0 Å². The highest BCUT2D eigenvalue weighted by Gasteiger charge is 2.42. The van der Waals surface area contributed by atoms with E-state index in [9.17, 15) is 15.1 Å². The van der Waals surface area contributed by atoms with Crippen LogP contribution < -0.4 is 11.5 Å². The SMILES string of the molecule is Nc1ncnc2c1ncn2[C@H]1C[C@H](OP(O)(=S)OC[C@H]2O[C@@H](n3cnc4c(N)ncnc43)C[C@@H]2O)[C@@H](CO)O1. The summed E-state index contributed by atoms with van der Waals surface area (Å²) in [6.07, 6.45) is 1.52. The molecule has 39 heavy (non-hydrogen) atoms. The molecule has 0 bridgehead atoms. The fraction of sp³-hybridized carbons (Fsp3) is 0.500. The Morgan fingerprint density at radius 3 is 2.08 bits per heavy atom. The summed E-state index contributed by atoms with van der Waals surface area (Å²) in [7, 11) is 0. The van der Waals surface area contributed by atoms with Crippen molar-refractivity contribution < 1.29 is 33.6 Å². The van der Waals surface area contributed by atoms with Crippen LogP contribution in [0.2, 0.25) is 0 Å². The van der Waals surface area contributed by atoms with Gasteiger partial charge in [-0.2, -0.15) is 0 Å². The van der Waals surface area contributed by atoms with Crippen LogP contribution in [0.3, 0.4) is 0 Å². The summed E-state index contributed by atoms with van der Waals surface area (Å²) >= 11 is 5.22. The van der Waals surface area contributed by atoms with Crippen LogP contribution in [-0.4, -0.2) is 91.8 Å². The van der Waals surface area contributed by atoms with Crippen LogP contribution in [0.4, 0.5) is 11.6 Å². The normalized spacial score (nSPS) is 28.9. The summed E-state index contributed by atoms with van der Waals surface area (Å²) in [5, 5.41) is 20.4. The Kier molecular flexibility index (Phi) is 6.90. The van der Waals surface area contributed by atoms with E-state index in [2.05, 4.69) is 29.9 Å². The van der Waals surface area contributed by atoms with E-state index in [1.54, 1.807) is 9.13 Å². The van der Waals surface area contributed by atoms with Gasteiger partial charge in [0.25, 0.3) is 0 Å². The van der Waals surface area contributed by atoms with Crippen LogP contribution in [0.1, 0.15) is 25.3 Å². The molecule has 7 N–H and O–H groups in total. The Morgan fingerprint density at radius 2 is 1.49 bits per heavy atom. The van der Waals surface area contributed by atoms with Gasteiger partial charge in [-0.1, -0.05) is 0 Å². The van der Waals surface area contributed by atoms with E-state index < -0.39 is 43.6 Å². The van der Waals surface area contributed by atoms with Crippen LogP contribution >= 0.6 is 6.72 Å². The van der Waals surface area contributed by atoms with E-state index in [4.69, 9.17) is 41.8 Å². The van der Waals surface area contributed by atoms with E-state index in [0.29, 0.717) is 22.3 Å². The number of nitrogens with zero attached hydrogens (tertiary/aromatic N) is 8. The van der Waals surface area contributed by atoms with E-state index in [1.807, 2.05) is 0 Å². The quantitative estimate of drug-likeness (QED) is 0.163. The predicted molar refractivity (Wildman–Crippen MR) is 137 cm³/mol. The number of imidazole rings is 2. The number of aliphatic hydroxyl groups is 2. The molecule has 208 valence electrons. The number of hydrogen-bond donors (Lipinski definition) is 5. The number of hydrogen-bond acceptors (Lipinski definition) is 15. The average Bonchev–Trinajstić information content (AvgIpc) is 3.68. The van der Waals surface area contributed by atoms with Crippen molar-refractivity contribution in [2.24, 2.45) is 0 Å². The zero-order valence-electron chi connectivity index (χ0n) is 20.2. The lowest BCUT2D eigenvalue weighted by molar-refractivity contribution is -0.0507. The molecule has 0 aromatic carbocycles. The predicted octanol–water partition coefficient (Wildman–Crippen LogP) is -0.623. The largest absolute Gasteiger partial charge is 0.394 e. The van der Waals surface area contributed by atoms with Gasteiger partial charge in [0.15, 0.2) is 22.9 Å². The van der Waals surface area contributed by atoms with Crippen molar-refractivity contribution in [3.8, 4) is 0 Å². The summed E-state index contributed by atoms with van der Waals surface area (Å²) in [4.78, 5) is 35.5. The van der Waals surface area contributed by atoms with Gasteiger partial charge in [-0.3, -0.25) is 9.13 Å². The molecule has 2 fully saturated rings. The lowest BCUT2D eigenvalue weighted by Crippen LogP contribution is -2.29. The molecule has 0 radical (unpaired) electrons. The van der Waals surface area contributed by atoms with E-state index in [1.165, 1.54) is 25.3 Å². The van der Waals surface area contributed by atoms with Gasteiger partial charge in [0.2, 0.25) is 0 Å². The number of fused-ring (bicyclic) bond motifs is 2. The zero-order valence-corrected chi connectivity index (χ0v) is 21.9. The van der Waals surface area contributed by atoms with Gasteiger partial charge >= 0.3 is 6.72 Å². The zero-order chi connectivity index (χ0) is 27.3. The number of anilines is 2. The van der Waals surface area contributed by atoms with Crippen molar-refractivity contribution >= 4 is 52.5 Å². The summed E-state index contributed by atoms with van der Waals surface area (Å²) in [6, 6.07) is 0. The van der Waals surface area contributed by atoms with Crippen LogP contribution in [0, 0.1) is 0 Å². The number of aliphatic hydroxyl groups excluding tert-OH is 2. The standard InChI is InChI=1S/C20H25N10O7PS/c21-17-15-19(25-5-23-17)29(7-27-15)13-1-9(32)12(36-13)4-34-38(33,39)37-10-2-14(35-11(10)3-31)30-8-28-16-18(22)24-6-26-20(16)30/h5-14,31-32H,1-4H2,(H,33,39)(H2,21,23,25)(H2,22,24,26)/t9-,10-,11+,12+,13+,14+,38?/m0/s1. The first-order valence-corrected chi connectivity index (χ1v) is 14.4. The first-order chi connectivity index (χ1) is 18.7. The minimum atomic E-state index is -3.83. The molecular formula is C20H25N10O7PS. The van der Waals surface area contributed by atoms with Crippen LogP contribution in [-0.2, 0) is 30.3 Å². The molecule has 0 saturated carbocycles. The molecule has 2 aliphatic heterocycles. The van der Waals surface area contributed by atoms with Crippen molar-refractivity contribution in [3.63, 3.8) is 0 Å². The Labute approximate surface area is 225 Å². The Balaban J connectivity index is 1.09. The van der Waals surface area contributed by atoms with E-state index in [0.717, 1.165) is 0 Å². The van der Waals surface area contributed by atoms with Crippen LogP contribution in [0.5, 0.6) is 0 Å². The summed E-state index contributed by atoms with van der Waals surface area (Å²) in [5.41, 5.74) is 13.4. The van der Waals surface area contributed by atoms with Crippen LogP contribution in [0.15, 0.2) is 25.3 Å². The summed E-state index contributed by atoms with van der Waals surface area (Å²) in [5.74, 6) is 0.452. The number of ether oxygens (including phenoxy) is 2. The van der Waals surface area contributed by atoms with Gasteiger partial charge in [0.05, 0.1) is 38.1 Å². The van der Waals surface area contributed by atoms with Crippen molar-refractivity contribution in [2.75, 3.05) is 24.7 Å². The van der Waals surface area contributed by atoms with Gasteiger partial charge in [-0.15, -0.1) is 0 Å². The third-order valence-corrected chi connectivity index (χ3v) is 8.22. The first-order valence-electron chi connectivity index (χ1n) is 11.9. The topological polar surface area (TPSA) is 237 Å². The second-order valence-electron chi connectivity index (χ2n) is 9.05. The van der Waals surface area contributed by atoms with Gasteiger partial charge in [0, 0.05) is 12.8 Å². The second-order valence-corrected chi connectivity index (χ2v) is 11.8. The molecule has 0 amide bonds. The molecule has 4 aromatic heterocycles. The lowest BCUT2D eigenvalue weighted by Gasteiger charge is -2.24. The monoisotopic (exact) mass is 580 g/mol. The van der Waals surface area contributed by atoms with Crippen molar-refractivity contribution in [1.29, 1.82) is 0 Å². The summed E-state index contributed by atoms with van der Waals surface area (Å²) in [6.45, 7) is -4.46. The highest BCUT2D eigenvalue weighted by atomic mass is 32.5. The number of nitrogens with two attached hydrogens (primary N) is 2. The number of rotatable bonds is 8. The van der Waals surface area contributed by atoms with Gasteiger partial charge < -0.3 is 45.1 Å². The summed E-state index contributed by atoms with van der Waals surface area (Å²) < 4.78 is 26.4. The molecule has 19 heteroatoms. The van der Waals surface area contributed by atoms with Gasteiger partial charge in [-0.25, -0.2) is 29.9 Å². The van der Waals surface area contributed by atoms with Crippen LogP contribution in [0.25, 0.3) is 22.3 Å². The molecule has 0 aliphatic carbocycles. The highest BCUT2D eigenvalue weighted by molar-refractivity contribution is 8.07. The molecule has 2 aliphatic rings. The number of aromatic nitrogens is 8. The highest BCUT2D eigenvalue weighted by Crippen LogP contribution is 2.49. The van der Waals surface area contributed by atoms with Crippen molar-refractivity contribution in [3.05, 3.63) is 25.3 Å². The van der Waals surface area contributed by atoms with Crippen molar-refractivity contribution in [2.45, 2.75) is 49.7 Å². The maximum Gasteiger partial charge on any atom is 0.324 e. The molecule has 7 atom stereocenters. The molecule has 0 spiro atoms. The minimum Gasteiger partial charge on any atom is -0.394 e. The first kappa shape index (κ1) is 26.3. The third kappa shape index (κ3) is 4.94. The second kappa shape index (κ2) is 10.2. The third-order valence-electron chi connectivity index (χ3n) is 6.63. The molecule has 6 rings (SSSR count). The average molecular weight is 581 g/mol. The lowest BCUT2D eigenvalue weighted by atomic mass is 10.2. The molecule has 4 aromatic rings. The van der Waals surface area contributed by atoms with Gasteiger partial charge in [0.1, 0.15) is 48.4 Å². The fourth-order valence-corrected chi connectivity index (χ4v) is 6.19. The maximum absolute atomic E-state index is 10.8. The molecule has 17 nitrogen and oxygen atoms in total. The molecular weight excluding hydrogens is 555 g/mol.